The van der Waals surface area contributed by atoms with Crippen LogP contribution in [-0.2, 0) is 14.8 Å². The van der Waals surface area contributed by atoms with Crippen molar-refractivity contribution in [2.75, 3.05) is 11.9 Å². The molecule has 1 N–H and O–H groups in total. The summed E-state index contributed by atoms with van der Waals surface area (Å²) >= 11 is 4.45. The summed E-state index contributed by atoms with van der Waals surface area (Å²) in [7, 11) is -3.66. The highest BCUT2D eigenvalue weighted by Gasteiger charge is 2.40. The molecular weight excluding hydrogens is 424 g/mol. The fourth-order valence-corrected chi connectivity index (χ4v) is 6.81. The zero-order chi connectivity index (χ0) is 18.2. The summed E-state index contributed by atoms with van der Waals surface area (Å²) in [6.07, 6.45) is 1.21. The zero-order valence-electron chi connectivity index (χ0n) is 14.0. The van der Waals surface area contributed by atoms with Crippen molar-refractivity contribution < 1.29 is 13.2 Å². The molecule has 8 heteroatoms. The maximum Gasteiger partial charge on any atom is 0.253 e. The molecule has 1 aromatic carbocycles. The lowest BCUT2D eigenvalue weighted by Crippen LogP contribution is -2.42. The summed E-state index contributed by atoms with van der Waals surface area (Å²) in [5, 5.41) is 2.89. The second kappa shape index (κ2) is 7.19. The van der Waals surface area contributed by atoms with E-state index in [1.54, 1.807) is 12.1 Å². The number of carbonyl (C=O) groups excluding carboxylic acids is 1. The maximum absolute atomic E-state index is 12.9. The molecule has 0 aliphatic carbocycles. The number of nitrogens with zero attached hydrogens (tertiary/aromatic N) is 1. The fraction of sp³-hybridized carbons (Fsp3) is 0.353. The number of rotatable bonds is 4. The van der Waals surface area contributed by atoms with E-state index in [1.165, 1.54) is 4.31 Å². The Morgan fingerprint density at radius 3 is 2.68 bits per heavy atom. The highest BCUT2D eigenvalue weighted by atomic mass is 79.9. The fourth-order valence-electron chi connectivity index (χ4n) is 3.01. The highest BCUT2D eigenvalue weighted by Crippen LogP contribution is 2.32. The first-order valence-electron chi connectivity index (χ1n) is 7.94. The van der Waals surface area contributed by atoms with Gasteiger partial charge >= 0.3 is 0 Å². The van der Waals surface area contributed by atoms with Crippen LogP contribution in [0.1, 0.15) is 24.0 Å². The Morgan fingerprint density at radius 2 is 2.04 bits per heavy atom. The molecule has 0 spiro atoms. The van der Waals surface area contributed by atoms with E-state index in [2.05, 4.69) is 21.2 Å². The summed E-state index contributed by atoms with van der Waals surface area (Å²) in [5.41, 5.74) is 2.80. The topological polar surface area (TPSA) is 66.5 Å². The van der Waals surface area contributed by atoms with E-state index in [0.717, 1.165) is 31.9 Å². The minimum absolute atomic E-state index is 0.255. The second-order valence-electron chi connectivity index (χ2n) is 6.14. The Labute approximate surface area is 160 Å². The van der Waals surface area contributed by atoms with Crippen LogP contribution in [0.5, 0.6) is 0 Å². The Morgan fingerprint density at radius 1 is 1.28 bits per heavy atom. The number of aryl methyl sites for hydroxylation is 2. The van der Waals surface area contributed by atoms with Crippen molar-refractivity contribution in [2.45, 2.75) is 36.9 Å². The summed E-state index contributed by atoms with van der Waals surface area (Å²) in [6.45, 7) is 4.28. The first-order chi connectivity index (χ1) is 11.8. The molecule has 1 saturated heterocycles. The third-order valence-corrected chi connectivity index (χ3v) is 8.26. The molecule has 25 heavy (non-hydrogen) atoms. The van der Waals surface area contributed by atoms with Crippen molar-refractivity contribution in [2.24, 2.45) is 0 Å². The Bertz CT molecular complexity index is 908. The van der Waals surface area contributed by atoms with E-state index in [-0.39, 0.29) is 10.1 Å². The Kier molecular flexibility index (Phi) is 5.34. The van der Waals surface area contributed by atoms with E-state index < -0.39 is 16.1 Å². The van der Waals surface area contributed by atoms with Gasteiger partial charge in [0, 0.05) is 12.2 Å². The van der Waals surface area contributed by atoms with Gasteiger partial charge < -0.3 is 5.32 Å². The van der Waals surface area contributed by atoms with Gasteiger partial charge in [-0.15, -0.1) is 11.3 Å². The zero-order valence-corrected chi connectivity index (χ0v) is 17.2. The van der Waals surface area contributed by atoms with Gasteiger partial charge in [0.1, 0.15) is 10.3 Å². The molecule has 2 heterocycles. The van der Waals surface area contributed by atoms with E-state index in [4.69, 9.17) is 0 Å². The van der Waals surface area contributed by atoms with E-state index in [1.807, 2.05) is 32.0 Å². The van der Waals surface area contributed by atoms with Gasteiger partial charge in [-0.25, -0.2) is 8.42 Å². The average molecular weight is 443 g/mol. The van der Waals surface area contributed by atoms with Crippen LogP contribution in [0.3, 0.4) is 0 Å². The summed E-state index contributed by atoms with van der Waals surface area (Å²) < 4.78 is 28.1. The number of hydrogen-bond donors (Lipinski definition) is 1. The number of carbonyl (C=O) groups is 1. The molecule has 0 radical (unpaired) electrons. The van der Waals surface area contributed by atoms with Crippen molar-refractivity contribution in [3.05, 3.63) is 45.2 Å². The molecule has 2 aromatic rings. The molecule has 5 nitrogen and oxygen atoms in total. The lowest BCUT2D eigenvalue weighted by molar-refractivity contribution is -0.119. The smallest absolute Gasteiger partial charge is 0.253 e. The first-order valence-corrected chi connectivity index (χ1v) is 11.0. The maximum atomic E-state index is 12.9. The van der Waals surface area contributed by atoms with Gasteiger partial charge in [0.2, 0.25) is 5.91 Å². The number of hydrogen-bond acceptors (Lipinski definition) is 4. The van der Waals surface area contributed by atoms with Gasteiger partial charge in [-0.3, -0.25) is 4.79 Å². The number of halogens is 1. The van der Waals surface area contributed by atoms with Crippen molar-refractivity contribution >= 4 is 48.9 Å². The van der Waals surface area contributed by atoms with Crippen LogP contribution in [0.4, 0.5) is 5.69 Å². The monoisotopic (exact) mass is 442 g/mol. The van der Waals surface area contributed by atoms with Crippen LogP contribution in [0.15, 0.2) is 38.3 Å². The Hall–Kier alpha value is -1.22. The molecule has 1 aliphatic heterocycles. The molecule has 1 aromatic heterocycles. The van der Waals surface area contributed by atoms with Crippen molar-refractivity contribution in [3.8, 4) is 0 Å². The number of sulfonamides is 1. The van der Waals surface area contributed by atoms with Gasteiger partial charge in [0.25, 0.3) is 10.0 Å². The normalized spacial score (nSPS) is 18.4. The number of benzene rings is 1. The third-order valence-electron chi connectivity index (χ3n) is 4.26. The lowest BCUT2D eigenvalue weighted by atomic mass is 10.1. The summed E-state index contributed by atoms with van der Waals surface area (Å²) in [5.74, 6) is -0.274. The molecule has 1 aliphatic rings. The van der Waals surface area contributed by atoms with E-state index >= 15 is 0 Å². The molecule has 1 fully saturated rings. The van der Waals surface area contributed by atoms with Crippen molar-refractivity contribution in [3.63, 3.8) is 0 Å². The molecule has 1 amide bonds. The van der Waals surface area contributed by atoms with Crippen LogP contribution in [0.25, 0.3) is 0 Å². The lowest BCUT2D eigenvalue weighted by Gasteiger charge is -2.23. The number of nitrogens with one attached hydrogen (secondary N) is 1. The van der Waals surface area contributed by atoms with Crippen LogP contribution in [0.2, 0.25) is 0 Å². The van der Waals surface area contributed by atoms with Gasteiger partial charge in [0.15, 0.2) is 0 Å². The third kappa shape index (κ3) is 3.81. The van der Waals surface area contributed by atoms with Crippen LogP contribution >= 0.6 is 27.3 Å². The number of amides is 1. The molecule has 0 bridgehead atoms. The molecule has 0 saturated carbocycles. The van der Waals surface area contributed by atoms with Crippen molar-refractivity contribution in [1.82, 2.24) is 4.31 Å². The molecule has 3 rings (SSSR count). The van der Waals surface area contributed by atoms with E-state index in [0.29, 0.717) is 19.4 Å². The molecule has 1 unspecified atom stereocenters. The number of anilines is 1. The highest BCUT2D eigenvalue weighted by molar-refractivity contribution is 9.11. The predicted molar refractivity (Wildman–Crippen MR) is 103 cm³/mol. The molecule has 134 valence electrons. The van der Waals surface area contributed by atoms with Crippen molar-refractivity contribution in [1.29, 1.82) is 0 Å². The summed E-state index contributed by atoms with van der Waals surface area (Å²) in [4.78, 5) is 12.7. The van der Waals surface area contributed by atoms with Gasteiger partial charge in [-0.1, -0.05) is 17.7 Å². The number of thiophene rings is 1. The standard InChI is InChI=1S/C17H19BrN2O3S2/c1-11-5-6-13(12(2)10-11)19-17(21)14-4-3-9-20(14)25(22,23)16-8-7-15(18)24-16/h5-8,10,14H,3-4,9H2,1-2H3,(H,19,21). The van der Waals surface area contributed by atoms with Crippen LogP contribution in [-0.4, -0.2) is 31.2 Å². The SMILES string of the molecule is Cc1ccc(NC(=O)C2CCCN2S(=O)(=O)c2ccc(Br)s2)c(C)c1. The van der Waals surface area contributed by atoms with Gasteiger partial charge in [-0.05, 0) is 66.4 Å². The van der Waals surface area contributed by atoms with Crippen LogP contribution < -0.4 is 5.32 Å². The van der Waals surface area contributed by atoms with Gasteiger partial charge in [-0.2, -0.15) is 4.31 Å². The average Bonchev–Trinajstić information content (AvgIpc) is 3.19. The quantitative estimate of drug-likeness (QED) is 0.779. The predicted octanol–water partition coefficient (Wildman–Crippen LogP) is 3.92. The van der Waals surface area contributed by atoms with E-state index in [9.17, 15) is 13.2 Å². The van der Waals surface area contributed by atoms with Crippen LogP contribution in [0, 0.1) is 13.8 Å². The largest absolute Gasteiger partial charge is 0.324 e. The molecular formula is C17H19BrN2O3S2. The van der Waals surface area contributed by atoms with Gasteiger partial charge in [0.05, 0.1) is 3.79 Å². The summed E-state index contributed by atoms with van der Waals surface area (Å²) in [6, 6.07) is 8.37. The first kappa shape index (κ1) is 18.6. The molecule has 1 atom stereocenters. The second-order valence-corrected chi connectivity index (χ2v) is 10.7. The Balaban J connectivity index is 1.82. The minimum Gasteiger partial charge on any atom is -0.324 e. The minimum atomic E-state index is -3.66.